The summed E-state index contributed by atoms with van der Waals surface area (Å²) in [5.74, 6) is 1.49. The molecular formula is C16H24O3. The number of hydrogen-bond acceptors (Lipinski definition) is 3. The molecule has 1 unspecified atom stereocenters. The molecule has 0 aromatic heterocycles. The van der Waals surface area contributed by atoms with E-state index in [0.29, 0.717) is 6.61 Å². The Morgan fingerprint density at radius 1 is 1.11 bits per heavy atom. The van der Waals surface area contributed by atoms with Crippen molar-refractivity contribution >= 4 is 11.8 Å². The lowest BCUT2D eigenvalue weighted by Crippen LogP contribution is -2.52. The highest BCUT2D eigenvalue weighted by Gasteiger charge is 2.55. The summed E-state index contributed by atoms with van der Waals surface area (Å²) in [4.78, 5) is 24.6. The maximum Gasteiger partial charge on any atom is 0.316 e. The Balaban J connectivity index is 1.77. The van der Waals surface area contributed by atoms with E-state index < -0.39 is 5.92 Å². The molecule has 0 aromatic rings. The van der Waals surface area contributed by atoms with Crippen LogP contribution in [0.1, 0.15) is 52.4 Å². The number of carbonyl (C=O) groups is 2. The van der Waals surface area contributed by atoms with Gasteiger partial charge in [-0.3, -0.25) is 9.59 Å². The first-order chi connectivity index (χ1) is 9.04. The highest BCUT2D eigenvalue weighted by Crippen LogP contribution is 2.60. The molecule has 0 aromatic carbocycles. The van der Waals surface area contributed by atoms with Gasteiger partial charge in [0.15, 0.2) is 5.78 Å². The van der Waals surface area contributed by atoms with Crippen LogP contribution in [0.15, 0.2) is 0 Å². The van der Waals surface area contributed by atoms with Gasteiger partial charge in [-0.25, -0.2) is 0 Å². The van der Waals surface area contributed by atoms with Crippen molar-refractivity contribution in [3.05, 3.63) is 0 Å². The number of hydrogen-bond donors (Lipinski definition) is 0. The molecule has 4 aliphatic carbocycles. The van der Waals surface area contributed by atoms with Gasteiger partial charge in [-0.2, -0.15) is 0 Å². The fourth-order valence-electron chi connectivity index (χ4n) is 5.25. The summed E-state index contributed by atoms with van der Waals surface area (Å²) in [5.41, 5.74) is -0.180. The molecule has 3 heteroatoms. The molecule has 106 valence electrons. The average molecular weight is 264 g/mol. The first kappa shape index (κ1) is 13.1. The number of rotatable bonds is 4. The molecule has 0 saturated heterocycles. The molecule has 4 rings (SSSR count). The standard InChI is InChI=1S/C16H24O3/c1-3-19-15(18)10(2)14(17)16-7-11-4-12(8-16)6-13(5-11)9-16/h10-13H,3-9H2,1-2H3. The van der Waals surface area contributed by atoms with E-state index in [-0.39, 0.29) is 17.2 Å². The summed E-state index contributed by atoms with van der Waals surface area (Å²) in [7, 11) is 0. The molecule has 19 heavy (non-hydrogen) atoms. The number of ether oxygens (including phenoxy) is 1. The summed E-state index contributed by atoms with van der Waals surface area (Å²) in [5, 5.41) is 0. The summed E-state index contributed by atoms with van der Waals surface area (Å²) >= 11 is 0. The Hall–Kier alpha value is -0.860. The van der Waals surface area contributed by atoms with Gasteiger partial charge in [-0.15, -0.1) is 0 Å². The Morgan fingerprint density at radius 3 is 2.00 bits per heavy atom. The smallest absolute Gasteiger partial charge is 0.316 e. The minimum atomic E-state index is -0.573. The summed E-state index contributed by atoms with van der Waals surface area (Å²) in [6.07, 6.45) is 7.05. The van der Waals surface area contributed by atoms with Gasteiger partial charge in [0.05, 0.1) is 6.61 Å². The van der Waals surface area contributed by atoms with Crippen LogP contribution >= 0.6 is 0 Å². The highest BCUT2D eigenvalue weighted by atomic mass is 16.5. The van der Waals surface area contributed by atoms with Crippen molar-refractivity contribution in [2.24, 2.45) is 29.1 Å². The molecule has 0 radical (unpaired) electrons. The first-order valence-corrected chi connectivity index (χ1v) is 7.75. The summed E-state index contributed by atoms with van der Waals surface area (Å²) in [6.45, 7) is 3.88. The maximum atomic E-state index is 12.8. The van der Waals surface area contributed by atoms with E-state index >= 15 is 0 Å². The number of carbonyl (C=O) groups excluding carboxylic acids is 2. The number of Topliss-reactive ketones (excluding diaryl/α,β-unsaturated/α-hetero) is 1. The Morgan fingerprint density at radius 2 is 1.58 bits per heavy atom. The van der Waals surface area contributed by atoms with E-state index in [9.17, 15) is 9.59 Å². The molecule has 4 aliphatic rings. The van der Waals surface area contributed by atoms with Gasteiger partial charge in [0.2, 0.25) is 0 Å². The molecule has 0 N–H and O–H groups in total. The third-order valence-electron chi connectivity index (χ3n) is 5.59. The predicted octanol–water partition coefficient (Wildman–Crippen LogP) is 2.97. The van der Waals surface area contributed by atoms with E-state index in [1.807, 2.05) is 0 Å². The topological polar surface area (TPSA) is 43.4 Å². The van der Waals surface area contributed by atoms with Crippen LogP contribution < -0.4 is 0 Å². The zero-order chi connectivity index (χ0) is 13.6. The molecule has 3 nitrogen and oxygen atoms in total. The maximum absolute atomic E-state index is 12.8. The van der Waals surface area contributed by atoms with Crippen LogP contribution in [0.3, 0.4) is 0 Å². The second-order valence-electron chi connectivity index (χ2n) is 7.04. The van der Waals surface area contributed by atoms with Gasteiger partial charge in [-0.05, 0) is 70.1 Å². The van der Waals surface area contributed by atoms with E-state index in [0.717, 1.165) is 37.0 Å². The van der Waals surface area contributed by atoms with Gasteiger partial charge in [0, 0.05) is 5.41 Å². The van der Waals surface area contributed by atoms with Crippen molar-refractivity contribution in [3.8, 4) is 0 Å². The lowest BCUT2D eigenvalue weighted by molar-refractivity contribution is -0.160. The quantitative estimate of drug-likeness (QED) is 0.579. The first-order valence-electron chi connectivity index (χ1n) is 7.75. The van der Waals surface area contributed by atoms with Gasteiger partial charge in [0.25, 0.3) is 0 Å². The second kappa shape index (κ2) is 4.60. The third-order valence-corrected chi connectivity index (χ3v) is 5.59. The minimum Gasteiger partial charge on any atom is -0.465 e. The van der Waals surface area contributed by atoms with Crippen LogP contribution in [0.2, 0.25) is 0 Å². The second-order valence-corrected chi connectivity index (χ2v) is 7.04. The van der Waals surface area contributed by atoms with E-state index in [1.54, 1.807) is 13.8 Å². The minimum absolute atomic E-state index is 0.171. The van der Waals surface area contributed by atoms with Crippen molar-refractivity contribution in [1.82, 2.24) is 0 Å². The van der Waals surface area contributed by atoms with Gasteiger partial charge >= 0.3 is 5.97 Å². The normalized spacial score (nSPS) is 41.1. The molecule has 0 amide bonds. The van der Waals surface area contributed by atoms with Gasteiger partial charge in [0.1, 0.15) is 5.92 Å². The largest absolute Gasteiger partial charge is 0.465 e. The van der Waals surface area contributed by atoms with Crippen molar-refractivity contribution in [1.29, 1.82) is 0 Å². The van der Waals surface area contributed by atoms with Crippen LogP contribution in [0, 0.1) is 29.1 Å². The fraction of sp³-hybridized carbons (Fsp3) is 0.875. The lowest BCUT2D eigenvalue weighted by atomic mass is 9.48. The Labute approximate surface area is 115 Å². The predicted molar refractivity (Wildman–Crippen MR) is 71.4 cm³/mol. The van der Waals surface area contributed by atoms with Crippen LogP contribution in [0.5, 0.6) is 0 Å². The van der Waals surface area contributed by atoms with Crippen LogP contribution in [0.4, 0.5) is 0 Å². The summed E-state index contributed by atoms with van der Waals surface area (Å²) < 4.78 is 5.03. The van der Waals surface area contributed by atoms with Crippen molar-refractivity contribution in [2.75, 3.05) is 6.61 Å². The molecule has 0 heterocycles. The molecule has 0 spiro atoms. The highest BCUT2D eigenvalue weighted by molar-refractivity contribution is 6.01. The summed E-state index contributed by atoms with van der Waals surface area (Å²) in [6, 6.07) is 0. The number of ketones is 1. The average Bonchev–Trinajstić information content (AvgIpc) is 2.35. The van der Waals surface area contributed by atoms with E-state index in [1.165, 1.54) is 19.3 Å². The zero-order valence-corrected chi connectivity index (χ0v) is 12.0. The fourth-order valence-corrected chi connectivity index (χ4v) is 5.25. The molecule has 0 aliphatic heterocycles. The van der Waals surface area contributed by atoms with Crippen molar-refractivity contribution in [2.45, 2.75) is 52.4 Å². The van der Waals surface area contributed by atoms with Crippen LogP contribution in [-0.4, -0.2) is 18.4 Å². The van der Waals surface area contributed by atoms with Gasteiger partial charge in [-0.1, -0.05) is 0 Å². The molecule has 4 fully saturated rings. The molecular weight excluding hydrogens is 240 g/mol. The monoisotopic (exact) mass is 264 g/mol. The van der Waals surface area contributed by atoms with Gasteiger partial charge < -0.3 is 4.74 Å². The molecule has 1 atom stereocenters. The molecule has 4 saturated carbocycles. The lowest BCUT2D eigenvalue weighted by Gasteiger charge is -2.56. The number of esters is 1. The van der Waals surface area contributed by atoms with Crippen LogP contribution in [-0.2, 0) is 14.3 Å². The third kappa shape index (κ3) is 2.11. The van der Waals surface area contributed by atoms with E-state index in [2.05, 4.69) is 0 Å². The molecule has 4 bridgehead atoms. The SMILES string of the molecule is CCOC(=O)C(C)C(=O)C12CC3CC(CC(C3)C1)C2. The Bertz CT molecular complexity index is 364. The van der Waals surface area contributed by atoms with Crippen LogP contribution in [0.25, 0.3) is 0 Å². The van der Waals surface area contributed by atoms with Crippen molar-refractivity contribution < 1.29 is 14.3 Å². The van der Waals surface area contributed by atoms with Crippen molar-refractivity contribution in [3.63, 3.8) is 0 Å². The Kier molecular flexibility index (Phi) is 3.18. The van der Waals surface area contributed by atoms with E-state index in [4.69, 9.17) is 4.74 Å². The zero-order valence-electron chi connectivity index (χ0n) is 12.0.